The van der Waals surface area contributed by atoms with Gasteiger partial charge in [-0.1, -0.05) is 25.4 Å². The van der Waals surface area contributed by atoms with Gasteiger partial charge in [0.25, 0.3) is 0 Å². The number of aliphatic carboxylic acids is 1. The van der Waals surface area contributed by atoms with E-state index in [2.05, 4.69) is 13.8 Å². The molecule has 1 aromatic rings. The molecular formula is C16H23ClO3. The Morgan fingerprint density at radius 3 is 2.60 bits per heavy atom. The number of aryl methyl sites for hydroxylation is 1. The summed E-state index contributed by atoms with van der Waals surface area (Å²) >= 11 is 6.22. The maximum atomic E-state index is 10.4. The van der Waals surface area contributed by atoms with Crippen molar-refractivity contribution in [2.45, 2.75) is 52.4 Å². The number of carboxylic acids is 1. The standard InChI is InChI=1S/C16H23ClO3/c1-11(2)13-10-15(12(3)9-14(13)17)20-8-6-4-5-7-16(18)19/h9-11H,4-8H2,1-3H3,(H,18,19). The summed E-state index contributed by atoms with van der Waals surface area (Å²) in [5.41, 5.74) is 2.13. The number of benzene rings is 1. The number of carbonyl (C=O) groups is 1. The maximum Gasteiger partial charge on any atom is 0.303 e. The van der Waals surface area contributed by atoms with Gasteiger partial charge in [-0.25, -0.2) is 0 Å². The fraction of sp³-hybridized carbons (Fsp3) is 0.562. The van der Waals surface area contributed by atoms with E-state index in [0.29, 0.717) is 18.9 Å². The lowest BCUT2D eigenvalue weighted by Gasteiger charge is -2.14. The minimum atomic E-state index is -0.735. The van der Waals surface area contributed by atoms with Crippen LogP contribution in [-0.4, -0.2) is 17.7 Å². The molecule has 4 heteroatoms. The van der Waals surface area contributed by atoms with Crippen LogP contribution in [0.25, 0.3) is 0 Å². The summed E-state index contributed by atoms with van der Waals surface area (Å²) < 4.78 is 5.78. The molecule has 20 heavy (non-hydrogen) atoms. The van der Waals surface area contributed by atoms with E-state index in [1.165, 1.54) is 0 Å². The third-order valence-electron chi connectivity index (χ3n) is 3.21. The summed E-state index contributed by atoms with van der Waals surface area (Å²) in [5.74, 6) is 0.499. The van der Waals surface area contributed by atoms with Crippen molar-refractivity contribution in [1.29, 1.82) is 0 Å². The SMILES string of the molecule is Cc1cc(Cl)c(C(C)C)cc1OCCCCCC(=O)O. The smallest absolute Gasteiger partial charge is 0.303 e. The molecule has 0 aliphatic carbocycles. The first kappa shape index (κ1) is 16.8. The van der Waals surface area contributed by atoms with E-state index in [0.717, 1.165) is 34.7 Å². The third-order valence-corrected chi connectivity index (χ3v) is 3.54. The summed E-state index contributed by atoms with van der Waals surface area (Å²) in [4.78, 5) is 10.4. The van der Waals surface area contributed by atoms with Crippen LogP contribution < -0.4 is 4.74 Å². The first-order valence-corrected chi connectivity index (χ1v) is 7.44. The molecule has 112 valence electrons. The van der Waals surface area contributed by atoms with Gasteiger partial charge in [-0.2, -0.15) is 0 Å². The highest BCUT2D eigenvalue weighted by Crippen LogP contribution is 2.31. The van der Waals surface area contributed by atoms with Crippen LogP contribution in [0.2, 0.25) is 5.02 Å². The fourth-order valence-corrected chi connectivity index (χ4v) is 2.44. The Hall–Kier alpha value is -1.22. The second-order valence-corrected chi connectivity index (χ2v) is 5.75. The van der Waals surface area contributed by atoms with E-state index >= 15 is 0 Å². The monoisotopic (exact) mass is 298 g/mol. The average Bonchev–Trinajstić information content (AvgIpc) is 2.34. The number of hydrogen-bond donors (Lipinski definition) is 1. The molecule has 0 aromatic heterocycles. The lowest BCUT2D eigenvalue weighted by atomic mass is 10.0. The quantitative estimate of drug-likeness (QED) is 0.701. The molecule has 0 atom stereocenters. The van der Waals surface area contributed by atoms with Gasteiger partial charge in [-0.05, 0) is 55.4 Å². The molecule has 3 nitrogen and oxygen atoms in total. The van der Waals surface area contributed by atoms with Crippen molar-refractivity contribution in [2.75, 3.05) is 6.61 Å². The zero-order valence-corrected chi connectivity index (χ0v) is 13.2. The Labute approximate surface area is 125 Å². The van der Waals surface area contributed by atoms with Gasteiger partial charge in [0.05, 0.1) is 6.61 Å². The van der Waals surface area contributed by atoms with Crippen molar-refractivity contribution in [2.24, 2.45) is 0 Å². The van der Waals surface area contributed by atoms with Gasteiger partial charge in [-0.15, -0.1) is 0 Å². The van der Waals surface area contributed by atoms with E-state index in [9.17, 15) is 4.79 Å². The summed E-state index contributed by atoms with van der Waals surface area (Å²) in [5, 5.41) is 9.33. The van der Waals surface area contributed by atoms with E-state index in [-0.39, 0.29) is 6.42 Å². The molecule has 0 saturated heterocycles. The number of hydrogen-bond acceptors (Lipinski definition) is 2. The highest BCUT2D eigenvalue weighted by atomic mass is 35.5. The molecule has 0 unspecified atom stereocenters. The molecule has 0 heterocycles. The van der Waals surface area contributed by atoms with Crippen LogP contribution in [0, 0.1) is 6.92 Å². The number of ether oxygens (including phenoxy) is 1. The second kappa shape index (κ2) is 8.15. The highest BCUT2D eigenvalue weighted by Gasteiger charge is 2.10. The molecule has 0 aliphatic heterocycles. The Balaban J connectivity index is 2.47. The molecule has 0 amide bonds. The van der Waals surface area contributed by atoms with Crippen molar-refractivity contribution in [3.63, 3.8) is 0 Å². The number of unbranched alkanes of at least 4 members (excludes halogenated alkanes) is 2. The van der Waals surface area contributed by atoms with Gasteiger partial charge in [0.15, 0.2) is 0 Å². The first-order chi connectivity index (χ1) is 9.41. The molecule has 0 saturated carbocycles. The summed E-state index contributed by atoms with van der Waals surface area (Å²) in [6.07, 6.45) is 2.68. The maximum absolute atomic E-state index is 10.4. The van der Waals surface area contributed by atoms with Crippen molar-refractivity contribution < 1.29 is 14.6 Å². The van der Waals surface area contributed by atoms with Gasteiger partial charge in [0.1, 0.15) is 5.75 Å². The summed E-state index contributed by atoms with van der Waals surface area (Å²) in [6.45, 7) is 6.80. The van der Waals surface area contributed by atoms with E-state index < -0.39 is 5.97 Å². The van der Waals surface area contributed by atoms with E-state index in [1.807, 2.05) is 19.1 Å². The number of carboxylic acid groups (broad SMARTS) is 1. The van der Waals surface area contributed by atoms with Gasteiger partial charge in [0.2, 0.25) is 0 Å². The second-order valence-electron chi connectivity index (χ2n) is 5.35. The van der Waals surface area contributed by atoms with Crippen LogP contribution in [0.15, 0.2) is 12.1 Å². The predicted molar refractivity (Wildman–Crippen MR) is 81.9 cm³/mol. The minimum absolute atomic E-state index is 0.234. The van der Waals surface area contributed by atoms with Crippen molar-refractivity contribution in [3.8, 4) is 5.75 Å². The van der Waals surface area contributed by atoms with Gasteiger partial charge < -0.3 is 9.84 Å². The molecule has 0 radical (unpaired) electrons. The molecule has 1 rings (SSSR count). The van der Waals surface area contributed by atoms with Crippen LogP contribution in [-0.2, 0) is 4.79 Å². The Kier molecular flexibility index (Phi) is 6.86. The van der Waals surface area contributed by atoms with Crippen LogP contribution in [0.5, 0.6) is 5.75 Å². The van der Waals surface area contributed by atoms with Crippen LogP contribution >= 0.6 is 11.6 Å². The Morgan fingerprint density at radius 1 is 1.30 bits per heavy atom. The largest absolute Gasteiger partial charge is 0.493 e. The number of rotatable bonds is 8. The lowest BCUT2D eigenvalue weighted by Crippen LogP contribution is -2.01. The van der Waals surface area contributed by atoms with Gasteiger partial charge in [-0.3, -0.25) is 4.79 Å². The summed E-state index contributed by atoms with van der Waals surface area (Å²) in [6, 6.07) is 3.95. The normalized spacial score (nSPS) is 10.8. The van der Waals surface area contributed by atoms with E-state index in [4.69, 9.17) is 21.4 Å². The van der Waals surface area contributed by atoms with Crippen LogP contribution in [0.4, 0.5) is 0 Å². The first-order valence-electron chi connectivity index (χ1n) is 7.06. The summed E-state index contributed by atoms with van der Waals surface area (Å²) in [7, 11) is 0. The van der Waals surface area contributed by atoms with Gasteiger partial charge in [0, 0.05) is 11.4 Å². The molecule has 0 fully saturated rings. The molecule has 1 N–H and O–H groups in total. The van der Waals surface area contributed by atoms with Gasteiger partial charge >= 0.3 is 5.97 Å². The molecule has 0 spiro atoms. The van der Waals surface area contributed by atoms with Crippen LogP contribution in [0.3, 0.4) is 0 Å². The molecular weight excluding hydrogens is 276 g/mol. The van der Waals surface area contributed by atoms with Crippen molar-refractivity contribution >= 4 is 17.6 Å². The highest BCUT2D eigenvalue weighted by molar-refractivity contribution is 6.31. The third kappa shape index (κ3) is 5.41. The lowest BCUT2D eigenvalue weighted by molar-refractivity contribution is -0.137. The predicted octanol–water partition coefficient (Wildman–Crippen LogP) is 4.80. The zero-order chi connectivity index (χ0) is 15.1. The van der Waals surface area contributed by atoms with E-state index in [1.54, 1.807) is 0 Å². The van der Waals surface area contributed by atoms with Crippen molar-refractivity contribution in [3.05, 3.63) is 28.3 Å². The average molecular weight is 299 g/mol. The zero-order valence-electron chi connectivity index (χ0n) is 12.4. The number of halogens is 1. The Bertz CT molecular complexity index is 455. The molecule has 0 aliphatic rings. The van der Waals surface area contributed by atoms with Crippen molar-refractivity contribution in [1.82, 2.24) is 0 Å². The van der Waals surface area contributed by atoms with Crippen LogP contribution in [0.1, 0.15) is 56.6 Å². The Morgan fingerprint density at radius 2 is 2.00 bits per heavy atom. The minimum Gasteiger partial charge on any atom is -0.493 e. The fourth-order valence-electron chi connectivity index (χ4n) is 2.00. The molecule has 0 bridgehead atoms. The molecule has 1 aromatic carbocycles. The topological polar surface area (TPSA) is 46.5 Å².